The van der Waals surface area contributed by atoms with Gasteiger partial charge in [0.2, 0.25) is 0 Å². The van der Waals surface area contributed by atoms with Crippen LogP contribution in [0.15, 0.2) is 103 Å². The van der Waals surface area contributed by atoms with Crippen molar-refractivity contribution in [2.24, 2.45) is 0 Å². The van der Waals surface area contributed by atoms with Crippen molar-refractivity contribution >= 4 is 22.8 Å². The first-order valence-electron chi connectivity index (χ1n) is 11.3. The van der Waals surface area contributed by atoms with Crippen LogP contribution in [0.4, 0.5) is 0 Å². The molecule has 4 aromatic carbocycles. The molecule has 0 fully saturated rings. The molecule has 0 saturated carbocycles. The number of rotatable bonds is 5. The minimum Gasteiger partial charge on any atom is -0.497 e. The molecule has 2 amide bonds. The van der Waals surface area contributed by atoms with Gasteiger partial charge in [0.05, 0.1) is 29.5 Å². The van der Waals surface area contributed by atoms with Crippen LogP contribution >= 0.6 is 0 Å². The number of hydrazine groups is 1. The third-order valence-corrected chi connectivity index (χ3v) is 5.66. The fourth-order valence-corrected chi connectivity index (χ4v) is 3.79. The van der Waals surface area contributed by atoms with Gasteiger partial charge in [-0.15, -0.1) is 0 Å². The number of nitrogens with one attached hydrogen (secondary N) is 2. The van der Waals surface area contributed by atoms with E-state index in [9.17, 15) is 9.59 Å². The molecule has 2 N–H and O–H groups in total. The van der Waals surface area contributed by atoms with Crippen molar-refractivity contribution in [2.45, 2.75) is 0 Å². The first-order chi connectivity index (χ1) is 17.6. The minimum absolute atomic E-state index is 0.346. The van der Waals surface area contributed by atoms with Crippen molar-refractivity contribution in [1.82, 2.24) is 20.8 Å². The van der Waals surface area contributed by atoms with E-state index in [2.05, 4.69) is 10.9 Å². The molecule has 176 valence electrons. The molecule has 5 aromatic rings. The van der Waals surface area contributed by atoms with Crippen LogP contribution in [0.1, 0.15) is 20.7 Å². The molecule has 7 heteroatoms. The summed E-state index contributed by atoms with van der Waals surface area (Å²) in [6.45, 7) is 0. The third kappa shape index (κ3) is 4.76. The normalized spacial score (nSPS) is 10.6. The predicted octanol–water partition coefficient (Wildman–Crippen LogP) is 5.05. The van der Waals surface area contributed by atoms with E-state index in [4.69, 9.17) is 14.7 Å². The van der Waals surface area contributed by atoms with Crippen molar-refractivity contribution in [3.05, 3.63) is 114 Å². The number of fused-ring (bicyclic) bond motifs is 1. The lowest BCUT2D eigenvalue weighted by Gasteiger charge is -2.12. The smallest absolute Gasteiger partial charge is 0.269 e. The van der Waals surface area contributed by atoms with Gasteiger partial charge >= 0.3 is 0 Å². The number of carbonyl (C=O) groups is 2. The minimum atomic E-state index is -0.464. The topological polar surface area (TPSA) is 93.2 Å². The number of amides is 2. The summed E-state index contributed by atoms with van der Waals surface area (Å²) in [4.78, 5) is 34.9. The number of aromatic nitrogens is 2. The van der Waals surface area contributed by atoms with E-state index < -0.39 is 11.8 Å². The zero-order valence-corrected chi connectivity index (χ0v) is 19.4. The molecule has 0 bridgehead atoms. The molecule has 0 radical (unpaired) electrons. The molecule has 7 nitrogen and oxygen atoms in total. The highest BCUT2D eigenvalue weighted by Crippen LogP contribution is 2.31. The molecule has 5 rings (SSSR count). The van der Waals surface area contributed by atoms with Gasteiger partial charge in [0.15, 0.2) is 0 Å². The second-order valence-corrected chi connectivity index (χ2v) is 7.99. The standard InChI is InChI=1S/C29H22N4O3/c1-36-23-15-12-21(13-16-23)28(34)32-33-29(35)22-14-17-24-25(18-22)31-27(20-10-6-3-7-11-20)26(30-24)19-8-4-2-5-9-19/h2-18H,1H3,(H,32,34)(H,33,35). The molecular formula is C29H22N4O3. The summed E-state index contributed by atoms with van der Waals surface area (Å²) in [6.07, 6.45) is 0. The van der Waals surface area contributed by atoms with E-state index in [0.717, 1.165) is 22.5 Å². The fourth-order valence-electron chi connectivity index (χ4n) is 3.79. The predicted molar refractivity (Wildman–Crippen MR) is 138 cm³/mol. The lowest BCUT2D eigenvalue weighted by molar-refractivity contribution is 0.0846. The van der Waals surface area contributed by atoms with E-state index in [1.165, 1.54) is 0 Å². The van der Waals surface area contributed by atoms with Crippen LogP contribution in [-0.4, -0.2) is 28.9 Å². The van der Waals surface area contributed by atoms with Crippen LogP contribution in [0.2, 0.25) is 0 Å². The molecule has 0 spiro atoms. The van der Waals surface area contributed by atoms with Crippen molar-refractivity contribution < 1.29 is 14.3 Å². The van der Waals surface area contributed by atoms with Gasteiger partial charge in [-0.05, 0) is 42.5 Å². The molecule has 0 aliphatic carbocycles. The van der Waals surface area contributed by atoms with Crippen molar-refractivity contribution in [1.29, 1.82) is 0 Å². The number of hydrogen-bond acceptors (Lipinski definition) is 5. The zero-order chi connectivity index (χ0) is 24.9. The SMILES string of the molecule is COc1ccc(C(=O)NNC(=O)c2ccc3nc(-c4ccccc4)c(-c4ccccc4)nc3c2)cc1. The molecule has 36 heavy (non-hydrogen) atoms. The van der Waals surface area contributed by atoms with Crippen LogP contribution in [-0.2, 0) is 0 Å². The van der Waals surface area contributed by atoms with Crippen LogP contribution in [0, 0.1) is 0 Å². The Kier molecular flexibility index (Phi) is 6.36. The Bertz CT molecular complexity index is 1540. The molecule has 0 aliphatic rings. The van der Waals surface area contributed by atoms with Crippen LogP contribution < -0.4 is 15.6 Å². The largest absolute Gasteiger partial charge is 0.497 e. The monoisotopic (exact) mass is 474 g/mol. The lowest BCUT2D eigenvalue weighted by Crippen LogP contribution is -2.41. The Labute approximate surface area is 207 Å². The first-order valence-corrected chi connectivity index (χ1v) is 11.3. The molecule has 1 heterocycles. The number of hydrogen-bond donors (Lipinski definition) is 2. The second kappa shape index (κ2) is 10.1. The molecule has 0 atom stereocenters. The lowest BCUT2D eigenvalue weighted by atomic mass is 10.0. The van der Waals surface area contributed by atoms with Crippen molar-refractivity contribution in [3.8, 4) is 28.3 Å². The summed E-state index contributed by atoms with van der Waals surface area (Å²) in [5.74, 6) is -0.266. The Balaban J connectivity index is 1.43. The highest BCUT2D eigenvalue weighted by atomic mass is 16.5. The van der Waals surface area contributed by atoms with Crippen LogP contribution in [0.3, 0.4) is 0 Å². The van der Waals surface area contributed by atoms with Gasteiger partial charge < -0.3 is 4.74 Å². The number of benzene rings is 4. The zero-order valence-electron chi connectivity index (χ0n) is 19.4. The number of nitrogens with zero attached hydrogens (tertiary/aromatic N) is 2. The van der Waals surface area contributed by atoms with E-state index in [1.54, 1.807) is 49.6 Å². The van der Waals surface area contributed by atoms with Crippen molar-refractivity contribution in [2.75, 3.05) is 7.11 Å². The van der Waals surface area contributed by atoms with Gasteiger partial charge in [-0.2, -0.15) is 0 Å². The Morgan fingerprint density at radius 3 is 1.67 bits per heavy atom. The van der Waals surface area contributed by atoms with E-state index in [-0.39, 0.29) is 0 Å². The van der Waals surface area contributed by atoms with Gasteiger partial charge in [-0.1, -0.05) is 60.7 Å². The second-order valence-electron chi connectivity index (χ2n) is 7.99. The maximum Gasteiger partial charge on any atom is 0.269 e. The summed E-state index contributed by atoms with van der Waals surface area (Å²) in [5.41, 5.74) is 10.2. The van der Waals surface area contributed by atoms with Gasteiger partial charge in [0.1, 0.15) is 5.75 Å². The summed E-state index contributed by atoms with van der Waals surface area (Å²) in [6, 6.07) is 31.3. The number of carbonyl (C=O) groups excluding carboxylic acids is 2. The summed E-state index contributed by atoms with van der Waals surface area (Å²) >= 11 is 0. The highest BCUT2D eigenvalue weighted by Gasteiger charge is 2.15. The number of ether oxygens (including phenoxy) is 1. The van der Waals surface area contributed by atoms with Crippen molar-refractivity contribution in [3.63, 3.8) is 0 Å². The van der Waals surface area contributed by atoms with Crippen LogP contribution in [0.25, 0.3) is 33.5 Å². The quantitative estimate of drug-likeness (QED) is 0.348. The maximum atomic E-state index is 12.8. The molecule has 0 aliphatic heterocycles. The molecule has 0 unspecified atom stereocenters. The first kappa shape index (κ1) is 22.7. The highest BCUT2D eigenvalue weighted by molar-refractivity contribution is 6.01. The molecular weight excluding hydrogens is 452 g/mol. The summed E-state index contributed by atoms with van der Waals surface area (Å²) in [7, 11) is 1.55. The fraction of sp³-hybridized carbons (Fsp3) is 0.0345. The van der Waals surface area contributed by atoms with Crippen LogP contribution in [0.5, 0.6) is 5.75 Å². The number of methoxy groups -OCH3 is 1. The Morgan fingerprint density at radius 2 is 1.11 bits per heavy atom. The molecule has 1 aromatic heterocycles. The van der Waals surface area contributed by atoms with Gasteiger partial charge in [-0.25, -0.2) is 9.97 Å². The Hall–Kier alpha value is -5.04. The summed E-state index contributed by atoms with van der Waals surface area (Å²) < 4.78 is 5.10. The maximum absolute atomic E-state index is 12.8. The van der Waals surface area contributed by atoms with Gasteiger partial charge in [0.25, 0.3) is 11.8 Å². The average molecular weight is 475 g/mol. The third-order valence-electron chi connectivity index (χ3n) is 5.66. The van der Waals surface area contributed by atoms with Gasteiger partial charge in [-0.3, -0.25) is 20.4 Å². The van der Waals surface area contributed by atoms with E-state index >= 15 is 0 Å². The molecule has 0 saturated heterocycles. The summed E-state index contributed by atoms with van der Waals surface area (Å²) in [5, 5.41) is 0. The van der Waals surface area contributed by atoms with E-state index in [0.29, 0.717) is 27.9 Å². The van der Waals surface area contributed by atoms with E-state index in [1.807, 2.05) is 60.7 Å². The average Bonchev–Trinajstić information content (AvgIpc) is 2.95. The van der Waals surface area contributed by atoms with Gasteiger partial charge in [0, 0.05) is 22.3 Å². The Morgan fingerprint density at radius 1 is 0.611 bits per heavy atom.